The molecule has 0 N–H and O–H groups in total. The Morgan fingerprint density at radius 1 is 1.65 bits per heavy atom. The maximum absolute atomic E-state index is 11.6. The van der Waals surface area contributed by atoms with Crippen molar-refractivity contribution >= 4 is 17.5 Å². The van der Waals surface area contributed by atoms with Gasteiger partial charge >= 0.3 is 0 Å². The quantitative estimate of drug-likeness (QED) is 0.756. The lowest BCUT2D eigenvalue weighted by atomic mass is 10.3. The van der Waals surface area contributed by atoms with Gasteiger partial charge in [-0.1, -0.05) is 0 Å². The van der Waals surface area contributed by atoms with Gasteiger partial charge in [-0.2, -0.15) is 5.10 Å². The zero-order chi connectivity index (χ0) is 12.1. The first kappa shape index (κ1) is 12.1. The van der Waals surface area contributed by atoms with E-state index in [4.69, 9.17) is 16.3 Å². The number of halogens is 1. The number of nitrogens with zero attached hydrogens (tertiary/aromatic N) is 3. The van der Waals surface area contributed by atoms with Gasteiger partial charge in [0.2, 0.25) is 11.8 Å². The number of alkyl halides is 1. The Balaban J connectivity index is 1.84. The van der Waals surface area contributed by atoms with E-state index >= 15 is 0 Å². The lowest BCUT2D eigenvalue weighted by molar-refractivity contribution is -0.130. The third-order valence-corrected chi connectivity index (χ3v) is 2.83. The minimum Gasteiger partial charge on any atom is -0.471 e. The molecular weight excluding hydrogens is 242 g/mol. The van der Waals surface area contributed by atoms with Crippen LogP contribution in [0.5, 0.6) is 5.88 Å². The third-order valence-electron chi connectivity index (χ3n) is 2.64. The van der Waals surface area contributed by atoms with Crippen LogP contribution in [0.1, 0.15) is 12.8 Å². The topological polar surface area (TPSA) is 55.3 Å². The molecule has 1 fully saturated rings. The third kappa shape index (κ3) is 3.30. The van der Waals surface area contributed by atoms with Crippen LogP contribution in [-0.4, -0.2) is 46.1 Å². The monoisotopic (exact) mass is 255 g/mol. The van der Waals surface area contributed by atoms with E-state index in [1.807, 2.05) is 0 Å². The number of hydrogen-bond donors (Lipinski definition) is 0. The second-order valence-electron chi connectivity index (χ2n) is 3.87. The number of carbonyl (C=O) groups is 1. The highest BCUT2D eigenvalue weighted by Crippen LogP contribution is 2.16. The smallest absolute Gasteiger partial charge is 0.233 e. The van der Waals surface area contributed by atoms with E-state index in [0.717, 1.165) is 13.0 Å². The van der Waals surface area contributed by atoms with Gasteiger partial charge in [-0.25, -0.2) is 0 Å². The molecule has 0 spiro atoms. The molecule has 92 valence electrons. The molecular formula is C11H14ClN3O2. The molecule has 0 radical (unpaired) electrons. The Kier molecular flexibility index (Phi) is 4.14. The van der Waals surface area contributed by atoms with Crippen molar-refractivity contribution in [3.63, 3.8) is 0 Å². The predicted molar refractivity (Wildman–Crippen MR) is 63.0 cm³/mol. The van der Waals surface area contributed by atoms with Gasteiger partial charge in [0.25, 0.3) is 0 Å². The molecule has 1 aliphatic rings. The van der Waals surface area contributed by atoms with Gasteiger partial charge in [0.05, 0.1) is 6.54 Å². The molecule has 1 atom stereocenters. The fourth-order valence-electron chi connectivity index (χ4n) is 1.81. The SMILES string of the molecule is O=C(CCCl)N1CCC(Oc2cccnn2)C1. The summed E-state index contributed by atoms with van der Waals surface area (Å²) in [5, 5.41) is 7.59. The molecule has 1 aromatic rings. The van der Waals surface area contributed by atoms with Crippen molar-refractivity contribution in [3.05, 3.63) is 18.3 Å². The Bertz CT molecular complexity index is 374. The minimum absolute atomic E-state index is 0.00553. The van der Waals surface area contributed by atoms with Crippen molar-refractivity contribution in [3.8, 4) is 5.88 Å². The van der Waals surface area contributed by atoms with E-state index in [1.54, 1.807) is 23.2 Å². The second-order valence-corrected chi connectivity index (χ2v) is 4.25. The van der Waals surface area contributed by atoms with Crippen molar-refractivity contribution < 1.29 is 9.53 Å². The summed E-state index contributed by atoms with van der Waals surface area (Å²) in [4.78, 5) is 13.4. The summed E-state index contributed by atoms with van der Waals surface area (Å²) in [5.74, 6) is 0.958. The van der Waals surface area contributed by atoms with Crippen molar-refractivity contribution in [1.29, 1.82) is 0 Å². The van der Waals surface area contributed by atoms with E-state index in [9.17, 15) is 4.79 Å². The normalized spacial score (nSPS) is 19.4. The summed E-state index contributed by atoms with van der Waals surface area (Å²) in [6.45, 7) is 1.33. The fraction of sp³-hybridized carbons (Fsp3) is 0.545. The van der Waals surface area contributed by atoms with Gasteiger partial charge in [-0.05, 0) is 6.07 Å². The lowest BCUT2D eigenvalue weighted by Gasteiger charge is -2.16. The van der Waals surface area contributed by atoms with Crippen LogP contribution in [0, 0.1) is 0 Å². The summed E-state index contributed by atoms with van der Waals surface area (Å²) in [5.41, 5.74) is 0. The van der Waals surface area contributed by atoms with E-state index in [2.05, 4.69) is 10.2 Å². The number of likely N-dealkylation sites (tertiary alicyclic amines) is 1. The van der Waals surface area contributed by atoms with Crippen LogP contribution in [0.2, 0.25) is 0 Å². The van der Waals surface area contributed by atoms with Crippen LogP contribution in [0.25, 0.3) is 0 Å². The van der Waals surface area contributed by atoms with Crippen LogP contribution < -0.4 is 4.74 Å². The number of rotatable bonds is 4. The summed E-state index contributed by atoms with van der Waals surface area (Å²) >= 11 is 5.54. The Hall–Kier alpha value is -1.36. The van der Waals surface area contributed by atoms with Crippen LogP contribution in [0.4, 0.5) is 0 Å². The first-order valence-electron chi connectivity index (χ1n) is 5.57. The zero-order valence-electron chi connectivity index (χ0n) is 9.38. The molecule has 2 heterocycles. The standard InChI is InChI=1S/C11H14ClN3O2/c12-5-3-11(16)15-7-4-9(8-15)17-10-2-1-6-13-14-10/h1-2,6,9H,3-5,7-8H2. The van der Waals surface area contributed by atoms with Gasteiger partial charge in [-0.3, -0.25) is 4.79 Å². The van der Waals surface area contributed by atoms with Gasteiger partial charge in [0.15, 0.2) is 0 Å². The molecule has 1 aromatic heterocycles. The summed E-state index contributed by atoms with van der Waals surface area (Å²) in [6.07, 6.45) is 2.81. The molecule has 1 amide bonds. The van der Waals surface area contributed by atoms with Crippen molar-refractivity contribution in [2.24, 2.45) is 0 Å². The first-order chi connectivity index (χ1) is 8.29. The van der Waals surface area contributed by atoms with Crippen LogP contribution in [-0.2, 0) is 4.79 Å². The predicted octanol–water partition coefficient (Wildman–Crippen LogP) is 1.09. The summed E-state index contributed by atoms with van der Waals surface area (Å²) < 4.78 is 5.63. The molecule has 1 aliphatic heterocycles. The maximum atomic E-state index is 11.6. The van der Waals surface area contributed by atoms with Crippen molar-refractivity contribution in [2.45, 2.75) is 18.9 Å². The summed E-state index contributed by atoms with van der Waals surface area (Å²) in [7, 11) is 0. The molecule has 1 unspecified atom stereocenters. The number of amides is 1. The molecule has 0 saturated carbocycles. The largest absolute Gasteiger partial charge is 0.471 e. The van der Waals surface area contributed by atoms with E-state index < -0.39 is 0 Å². The fourth-order valence-corrected chi connectivity index (χ4v) is 1.97. The van der Waals surface area contributed by atoms with E-state index in [0.29, 0.717) is 24.7 Å². The zero-order valence-corrected chi connectivity index (χ0v) is 10.1. The van der Waals surface area contributed by atoms with Gasteiger partial charge in [0.1, 0.15) is 6.10 Å². The Labute approximate surface area is 105 Å². The molecule has 1 saturated heterocycles. The van der Waals surface area contributed by atoms with Gasteiger partial charge in [-0.15, -0.1) is 16.7 Å². The molecule has 0 aliphatic carbocycles. The molecule has 0 aromatic carbocycles. The highest BCUT2D eigenvalue weighted by atomic mass is 35.5. The average molecular weight is 256 g/mol. The maximum Gasteiger partial charge on any atom is 0.233 e. The van der Waals surface area contributed by atoms with Crippen LogP contribution in [0.3, 0.4) is 0 Å². The van der Waals surface area contributed by atoms with E-state index in [1.165, 1.54) is 0 Å². The van der Waals surface area contributed by atoms with Crippen LogP contribution >= 0.6 is 11.6 Å². The minimum atomic E-state index is 0.00553. The number of aromatic nitrogens is 2. The molecule has 6 heteroatoms. The van der Waals surface area contributed by atoms with Crippen molar-refractivity contribution in [1.82, 2.24) is 15.1 Å². The highest BCUT2D eigenvalue weighted by Gasteiger charge is 2.27. The molecule has 0 bridgehead atoms. The van der Waals surface area contributed by atoms with Crippen molar-refractivity contribution in [2.75, 3.05) is 19.0 Å². The Morgan fingerprint density at radius 2 is 2.53 bits per heavy atom. The highest BCUT2D eigenvalue weighted by molar-refractivity contribution is 6.18. The van der Waals surface area contributed by atoms with Crippen LogP contribution in [0.15, 0.2) is 18.3 Å². The number of hydrogen-bond acceptors (Lipinski definition) is 4. The molecule has 2 rings (SSSR count). The molecule has 5 nitrogen and oxygen atoms in total. The molecule has 17 heavy (non-hydrogen) atoms. The second kappa shape index (κ2) is 5.82. The number of carbonyl (C=O) groups excluding carboxylic acids is 1. The Morgan fingerprint density at radius 3 is 3.24 bits per heavy atom. The van der Waals surface area contributed by atoms with E-state index in [-0.39, 0.29) is 12.0 Å². The van der Waals surface area contributed by atoms with Gasteiger partial charge in [0, 0.05) is 37.5 Å². The summed E-state index contributed by atoms with van der Waals surface area (Å²) in [6, 6.07) is 3.53. The number of ether oxygens (including phenoxy) is 1. The lowest BCUT2D eigenvalue weighted by Crippen LogP contribution is -2.31. The average Bonchev–Trinajstić information content (AvgIpc) is 2.79. The van der Waals surface area contributed by atoms with Gasteiger partial charge < -0.3 is 9.64 Å². The first-order valence-corrected chi connectivity index (χ1v) is 6.11.